The van der Waals surface area contributed by atoms with Crippen molar-refractivity contribution in [3.63, 3.8) is 0 Å². The SMILES string of the molecule is CCCNCc1cc(C)nc(-c2cc(C)ccn2)n1. The van der Waals surface area contributed by atoms with Gasteiger partial charge in [-0.1, -0.05) is 6.92 Å². The van der Waals surface area contributed by atoms with Crippen LogP contribution in [0.2, 0.25) is 0 Å². The van der Waals surface area contributed by atoms with Crippen LogP contribution in [0.15, 0.2) is 24.4 Å². The summed E-state index contributed by atoms with van der Waals surface area (Å²) in [5.74, 6) is 0.706. The molecular formula is C15H20N4. The molecule has 19 heavy (non-hydrogen) atoms. The first kappa shape index (κ1) is 13.6. The van der Waals surface area contributed by atoms with Gasteiger partial charge in [0.15, 0.2) is 5.82 Å². The van der Waals surface area contributed by atoms with E-state index in [4.69, 9.17) is 0 Å². The van der Waals surface area contributed by atoms with Crippen molar-refractivity contribution in [1.82, 2.24) is 20.3 Å². The largest absolute Gasteiger partial charge is 0.311 e. The molecule has 0 amide bonds. The molecule has 100 valence electrons. The number of hydrogen-bond donors (Lipinski definition) is 1. The first-order valence-corrected chi connectivity index (χ1v) is 6.67. The minimum Gasteiger partial charge on any atom is -0.311 e. The Kier molecular flexibility index (Phi) is 4.58. The fraction of sp³-hybridized carbons (Fsp3) is 0.400. The summed E-state index contributed by atoms with van der Waals surface area (Å²) in [7, 11) is 0. The van der Waals surface area contributed by atoms with Crippen LogP contribution in [0.4, 0.5) is 0 Å². The zero-order valence-electron chi connectivity index (χ0n) is 11.8. The Hall–Kier alpha value is -1.81. The number of nitrogens with zero attached hydrogens (tertiary/aromatic N) is 3. The first-order chi connectivity index (χ1) is 9.19. The lowest BCUT2D eigenvalue weighted by molar-refractivity contribution is 0.662. The third-order valence-electron chi connectivity index (χ3n) is 2.78. The van der Waals surface area contributed by atoms with Crippen molar-refractivity contribution in [1.29, 1.82) is 0 Å². The third kappa shape index (κ3) is 3.83. The Labute approximate surface area is 114 Å². The molecule has 4 heteroatoms. The molecule has 0 aliphatic carbocycles. The van der Waals surface area contributed by atoms with E-state index in [1.54, 1.807) is 6.20 Å². The predicted molar refractivity (Wildman–Crippen MR) is 76.7 cm³/mol. The Bertz CT molecular complexity index is 552. The van der Waals surface area contributed by atoms with Crippen LogP contribution in [-0.2, 0) is 6.54 Å². The molecule has 0 aliphatic heterocycles. The van der Waals surface area contributed by atoms with E-state index in [1.807, 2.05) is 32.0 Å². The van der Waals surface area contributed by atoms with Gasteiger partial charge in [-0.05, 0) is 50.6 Å². The Morgan fingerprint density at radius 3 is 2.74 bits per heavy atom. The molecule has 0 spiro atoms. The maximum absolute atomic E-state index is 4.58. The number of pyridine rings is 1. The molecule has 0 saturated heterocycles. The molecule has 2 rings (SSSR count). The van der Waals surface area contributed by atoms with Gasteiger partial charge in [-0.2, -0.15) is 0 Å². The Morgan fingerprint density at radius 1 is 1.16 bits per heavy atom. The highest BCUT2D eigenvalue weighted by atomic mass is 15.0. The number of aryl methyl sites for hydroxylation is 2. The molecule has 0 aromatic carbocycles. The zero-order valence-corrected chi connectivity index (χ0v) is 11.8. The summed E-state index contributed by atoms with van der Waals surface area (Å²) in [5, 5.41) is 3.36. The summed E-state index contributed by atoms with van der Waals surface area (Å²) in [6.07, 6.45) is 2.92. The molecule has 0 aliphatic rings. The summed E-state index contributed by atoms with van der Waals surface area (Å²) in [4.78, 5) is 13.4. The lowest BCUT2D eigenvalue weighted by atomic mass is 10.2. The van der Waals surface area contributed by atoms with Crippen molar-refractivity contribution in [3.8, 4) is 11.5 Å². The fourth-order valence-corrected chi connectivity index (χ4v) is 1.89. The Balaban J connectivity index is 2.26. The number of nitrogens with one attached hydrogen (secondary N) is 1. The molecule has 2 aromatic heterocycles. The highest BCUT2D eigenvalue weighted by Crippen LogP contribution is 2.14. The fourth-order valence-electron chi connectivity index (χ4n) is 1.89. The first-order valence-electron chi connectivity index (χ1n) is 6.67. The van der Waals surface area contributed by atoms with Gasteiger partial charge in [0, 0.05) is 18.4 Å². The van der Waals surface area contributed by atoms with Crippen LogP contribution in [0, 0.1) is 13.8 Å². The van der Waals surface area contributed by atoms with E-state index in [1.165, 1.54) is 5.56 Å². The van der Waals surface area contributed by atoms with Gasteiger partial charge in [-0.15, -0.1) is 0 Å². The number of rotatable bonds is 5. The van der Waals surface area contributed by atoms with Crippen LogP contribution in [0.5, 0.6) is 0 Å². The average molecular weight is 256 g/mol. The van der Waals surface area contributed by atoms with Crippen molar-refractivity contribution in [2.24, 2.45) is 0 Å². The predicted octanol–water partition coefficient (Wildman–Crippen LogP) is 2.66. The van der Waals surface area contributed by atoms with Gasteiger partial charge < -0.3 is 5.32 Å². The standard InChI is InChI=1S/C15H20N4/c1-4-6-16-10-13-9-12(3)18-15(19-13)14-8-11(2)5-7-17-14/h5,7-9,16H,4,6,10H2,1-3H3. The number of hydrogen-bond acceptors (Lipinski definition) is 4. The zero-order chi connectivity index (χ0) is 13.7. The van der Waals surface area contributed by atoms with Crippen LogP contribution >= 0.6 is 0 Å². The van der Waals surface area contributed by atoms with Crippen molar-refractivity contribution < 1.29 is 0 Å². The lowest BCUT2D eigenvalue weighted by Crippen LogP contribution is -2.15. The summed E-state index contributed by atoms with van der Waals surface area (Å²) in [6, 6.07) is 6.00. The minimum atomic E-state index is 0.706. The van der Waals surface area contributed by atoms with E-state index in [0.29, 0.717) is 5.82 Å². The lowest BCUT2D eigenvalue weighted by Gasteiger charge is -2.07. The van der Waals surface area contributed by atoms with Crippen molar-refractivity contribution in [2.75, 3.05) is 6.54 Å². The molecular weight excluding hydrogens is 236 g/mol. The summed E-state index contributed by atoms with van der Waals surface area (Å²) < 4.78 is 0. The summed E-state index contributed by atoms with van der Waals surface area (Å²) in [6.45, 7) is 7.96. The van der Waals surface area contributed by atoms with Gasteiger partial charge >= 0.3 is 0 Å². The second kappa shape index (κ2) is 6.38. The van der Waals surface area contributed by atoms with Crippen LogP contribution < -0.4 is 5.32 Å². The van der Waals surface area contributed by atoms with Gasteiger partial charge in [0.1, 0.15) is 5.69 Å². The van der Waals surface area contributed by atoms with Gasteiger partial charge in [-0.25, -0.2) is 9.97 Å². The van der Waals surface area contributed by atoms with Crippen molar-refractivity contribution in [2.45, 2.75) is 33.7 Å². The molecule has 1 N–H and O–H groups in total. The molecule has 2 aromatic rings. The van der Waals surface area contributed by atoms with Crippen molar-refractivity contribution >= 4 is 0 Å². The van der Waals surface area contributed by atoms with E-state index in [-0.39, 0.29) is 0 Å². The monoisotopic (exact) mass is 256 g/mol. The normalized spacial score (nSPS) is 10.7. The molecule has 0 fully saturated rings. The third-order valence-corrected chi connectivity index (χ3v) is 2.78. The van der Waals surface area contributed by atoms with Gasteiger partial charge in [0.25, 0.3) is 0 Å². The molecule has 0 atom stereocenters. The van der Waals surface area contributed by atoms with E-state index in [2.05, 4.69) is 27.2 Å². The van der Waals surface area contributed by atoms with Gasteiger partial charge in [-0.3, -0.25) is 4.98 Å². The quantitative estimate of drug-likeness (QED) is 0.836. The Morgan fingerprint density at radius 2 is 2.00 bits per heavy atom. The van der Waals surface area contributed by atoms with Crippen molar-refractivity contribution in [3.05, 3.63) is 41.3 Å². The van der Waals surface area contributed by atoms with E-state index >= 15 is 0 Å². The molecule has 0 bridgehead atoms. The minimum absolute atomic E-state index is 0.706. The smallest absolute Gasteiger partial charge is 0.178 e. The van der Waals surface area contributed by atoms with Crippen LogP contribution in [0.3, 0.4) is 0 Å². The maximum Gasteiger partial charge on any atom is 0.178 e. The molecule has 4 nitrogen and oxygen atoms in total. The topological polar surface area (TPSA) is 50.7 Å². The maximum atomic E-state index is 4.58. The van der Waals surface area contributed by atoms with Crippen LogP contribution in [0.25, 0.3) is 11.5 Å². The van der Waals surface area contributed by atoms with Gasteiger partial charge in [0.2, 0.25) is 0 Å². The molecule has 2 heterocycles. The van der Waals surface area contributed by atoms with E-state index in [9.17, 15) is 0 Å². The molecule has 0 radical (unpaired) electrons. The highest BCUT2D eigenvalue weighted by molar-refractivity contribution is 5.50. The highest BCUT2D eigenvalue weighted by Gasteiger charge is 2.06. The van der Waals surface area contributed by atoms with Crippen LogP contribution in [0.1, 0.15) is 30.3 Å². The molecule has 0 saturated carbocycles. The number of aromatic nitrogens is 3. The molecule has 0 unspecified atom stereocenters. The second-order valence-electron chi connectivity index (χ2n) is 4.72. The van der Waals surface area contributed by atoms with E-state index < -0.39 is 0 Å². The van der Waals surface area contributed by atoms with Crippen LogP contribution in [-0.4, -0.2) is 21.5 Å². The summed E-state index contributed by atoms with van der Waals surface area (Å²) in [5.41, 5.74) is 3.99. The summed E-state index contributed by atoms with van der Waals surface area (Å²) >= 11 is 0. The van der Waals surface area contributed by atoms with Gasteiger partial charge in [0.05, 0.1) is 5.69 Å². The van der Waals surface area contributed by atoms with E-state index in [0.717, 1.165) is 36.6 Å². The average Bonchev–Trinajstić information content (AvgIpc) is 2.38. The second-order valence-corrected chi connectivity index (χ2v) is 4.72.